The molecule has 0 aliphatic carbocycles. The molecule has 4 nitrogen and oxygen atoms in total. The van der Waals surface area contributed by atoms with Crippen molar-refractivity contribution in [3.05, 3.63) is 35.5 Å². The molecule has 88 valence electrons. The van der Waals surface area contributed by atoms with Crippen LogP contribution in [0.25, 0.3) is 10.9 Å². The summed E-state index contributed by atoms with van der Waals surface area (Å²) in [7, 11) is 2.10. The van der Waals surface area contributed by atoms with Crippen LogP contribution in [-0.2, 0) is 13.1 Å². The number of carboxylic acid groups (broad SMARTS) is 1. The Morgan fingerprint density at radius 2 is 2.12 bits per heavy atom. The second-order valence-electron chi connectivity index (χ2n) is 4.60. The van der Waals surface area contributed by atoms with E-state index in [2.05, 4.69) is 22.6 Å². The van der Waals surface area contributed by atoms with Crippen LogP contribution in [0.15, 0.2) is 24.3 Å². The predicted octanol–water partition coefficient (Wildman–Crippen LogP) is 1.78. The zero-order valence-electron chi connectivity index (χ0n) is 9.68. The van der Waals surface area contributed by atoms with Crippen molar-refractivity contribution < 1.29 is 9.90 Å². The van der Waals surface area contributed by atoms with E-state index in [1.807, 2.05) is 6.07 Å². The topological polar surface area (TPSA) is 45.5 Å². The first-order chi connectivity index (χ1) is 8.15. The van der Waals surface area contributed by atoms with Crippen molar-refractivity contribution in [2.45, 2.75) is 13.1 Å². The molecule has 0 spiro atoms. The highest BCUT2D eigenvalue weighted by Gasteiger charge is 2.16. The number of aromatic carboxylic acids is 1. The molecule has 17 heavy (non-hydrogen) atoms. The Bertz CT molecular complexity index is 601. The van der Waals surface area contributed by atoms with Crippen LogP contribution in [0.5, 0.6) is 0 Å². The summed E-state index contributed by atoms with van der Waals surface area (Å²) in [6.07, 6.45) is 0. The van der Waals surface area contributed by atoms with Crippen molar-refractivity contribution in [3.8, 4) is 0 Å². The first kappa shape index (κ1) is 10.4. The van der Waals surface area contributed by atoms with Crippen LogP contribution in [0.4, 0.5) is 0 Å². The average Bonchev–Trinajstić information content (AvgIpc) is 2.64. The summed E-state index contributed by atoms with van der Waals surface area (Å²) in [5.41, 5.74) is 2.75. The number of hydrogen-bond acceptors (Lipinski definition) is 2. The second kappa shape index (κ2) is 3.60. The van der Waals surface area contributed by atoms with E-state index in [9.17, 15) is 4.79 Å². The summed E-state index contributed by atoms with van der Waals surface area (Å²) >= 11 is 0. The van der Waals surface area contributed by atoms with Gasteiger partial charge in [0.2, 0.25) is 0 Å². The summed E-state index contributed by atoms with van der Waals surface area (Å²) in [5, 5.41) is 10.00. The Labute approximate surface area is 99.1 Å². The fourth-order valence-corrected chi connectivity index (χ4v) is 2.48. The fourth-order valence-electron chi connectivity index (χ4n) is 2.48. The van der Waals surface area contributed by atoms with Crippen LogP contribution in [0.2, 0.25) is 0 Å². The molecule has 2 heterocycles. The van der Waals surface area contributed by atoms with Crippen LogP contribution >= 0.6 is 0 Å². The number of nitrogens with zero attached hydrogens (tertiary/aromatic N) is 2. The van der Waals surface area contributed by atoms with E-state index in [1.165, 1.54) is 5.69 Å². The van der Waals surface area contributed by atoms with Gasteiger partial charge in [0.15, 0.2) is 0 Å². The molecule has 3 rings (SSSR count). The molecule has 1 aliphatic rings. The van der Waals surface area contributed by atoms with E-state index >= 15 is 0 Å². The van der Waals surface area contributed by atoms with Gasteiger partial charge in [0.25, 0.3) is 0 Å². The molecule has 0 saturated heterocycles. The largest absolute Gasteiger partial charge is 0.478 e. The molecular weight excluding hydrogens is 216 g/mol. The minimum absolute atomic E-state index is 0.355. The van der Waals surface area contributed by atoms with Crippen molar-refractivity contribution in [2.24, 2.45) is 0 Å². The smallest absolute Gasteiger partial charge is 0.335 e. The van der Waals surface area contributed by atoms with Crippen molar-refractivity contribution in [2.75, 3.05) is 13.6 Å². The summed E-state index contributed by atoms with van der Waals surface area (Å²) < 4.78 is 2.28. The van der Waals surface area contributed by atoms with Crippen molar-refractivity contribution in [1.29, 1.82) is 0 Å². The Hall–Kier alpha value is -1.81. The maximum absolute atomic E-state index is 10.9. The molecule has 0 radical (unpaired) electrons. The third-order valence-electron chi connectivity index (χ3n) is 3.37. The molecule has 4 heteroatoms. The lowest BCUT2D eigenvalue weighted by atomic mass is 10.1. The number of likely N-dealkylation sites (N-methyl/N-ethyl adjacent to an activating group) is 1. The van der Waals surface area contributed by atoms with Gasteiger partial charge in [-0.25, -0.2) is 4.79 Å². The maximum atomic E-state index is 10.9. The number of aromatic nitrogens is 1. The number of carbonyl (C=O) groups is 1. The minimum Gasteiger partial charge on any atom is -0.478 e. The van der Waals surface area contributed by atoms with Crippen molar-refractivity contribution >= 4 is 16.9 Å². The van der Waals surface area contributed by atoms with Gasteiger partial charge in [-0.05, 0) is 31.3 Å². The van der Waals surface area contributed by atoms with Gasteiger partial charge in [0, 0.05) is 36.2 Å². The van der Waals surface area contributed by atoms with Gasteiger partial charge in [-0.1, -0.05) is 0 Å². The number of hydrogen-bond donors (Lipinski definition) is 1. The lowest BCUT2D eigenvalue weighted by Crippen LogP contribution is -2.29. The fraction of sp³-hybridized carbons (Fsp3) is 0.308. The highest BCUT2D eigenvalue weighted by Crippen LogP contribution is 2.24. The van der Waals surface area contributed by atoms with E-state index in [0.29, 0.717) is 5.56 Å². The van der Waals surface area contributed by atoms with Crippen LogP contribution in [0, 0.1) is 0 Å². The third kappa shape index (κ3) is 1.61. The van der Waals surface area contributed by atoms with Gasteiger partial charge in [-0.15, -0.1) is 0 Å². The molecular formula is C13H14N2O2. The molecule has 1 aromatic heterocycles. The van der Waals surface area contributed by atoms with Gasteiger partial charge < -0.3 is 9.67 Å². The first-order valence-electron chi connectivity index (χ1n) is 5.69. The molecule has 1 N–H and O–H groups in total. The standard InChI is InChI=1S/C13H14N2O2/c1-14-4-5-15-11(8-14)7-10-6-9(13(16)17)2-3-12(10)15/h2-3,6-7H,4-5,8H2,1H3,(H,16,17). The third-order valence-corrected chi connectivity index (χ3v) is 3.37. The quantitative estimate of drug-likeness (QED) is 0.812. The summed E-state index contributed by atoms with van der Waals surface area (Å²) in [5.74, 6) is -0.867. The summed E-state index contributed by atoms with van der Waals surface area (Å²) in [6.45, 7) is 2.94. The lowest BCUT2D eigenvalue weighted by Gasteiger charge is -2.24. The van der Waals surface area contributed by atoms with E-state index < -0.39 is 5.97 Å². The van der Waals surface area contributed by atoms with Gasteiger partial charge in [0.05, 0.1) is 5.56 Å². The minimum atomic E-state index is -0.867. The zero-order valence-corrected chi connectivity index (χ0v) is 9.68. The number of carboxylic acids is 1. The van der Waals surface area contributed by atoms with Gasteiger partial charge >= 0.3 is 5.97 Å². The highest BCUT2D eigenvalue weighted by atomic mass is 16.4. The van der Waals surface area contributed by atoms with Crippen LogP contribution < -0.4 is 0 Å². The maximum Gasteiger partial charge on any atom is 0.335 e. The van der Waals surface area contributed by atoms with Gasteiger partial charge in [0.1, 0.15) is 0 Å². The zero-order chi connectivity index (χ0) is 12.0. The number of benzene rings is 1. The van der Waals surface area contributed by atoms with E-state index in [4.69, 9.17) is 5.11 Å². The van der Waals surface area contributed by atoms with Crippen LogP contribution in [-0.4, -0.2) is 34.1 Å². The average molecular weight is 230 g/mol. The Kier molecular flexibility index (Phi) is 2.19. The Morgan fingerprint density at radius 3 is 2.88 bits per heavy atom. The molecule has 0 saturated carbocycles. The van der Waals surface area contributed by atoms with Gasteiger partial charge in [-0.2, -0.15) is 0 Å². The second-order valence-corrected chi connectivity index (χ2v) is 4.60. The number of fused-ring (bicyclic) bond motifs is 3. The van der Waals surface area contributed by atoms with E-state index in [0.717, 1.165) is 30.5 Å². The van der Waals surface area contributed by atoms with E-state index in [1.54, 1.807) is 12.1 Å². The summed E-state index contributed by atoms with van der Waals surface area (Å²) in [4.78, 5) is 13.2. The lowest BCUT2D eigenvalue weighted by molar-refractivity contribution is 0.0697. The Morgan fingerprint density at radius 1 is 1.29 bits per heavy atom. The van der Waals surface area contributed by atoms with Crippen LogP contribution in [0.3, 0.4) is 0 Å². The monoisotopic (exact) mass is 230 g/mol. The van der Waals surface area contributed by atoms with E-state index in [-0.39, 0.29) is 0 Å². The SMILES string of the molecule is CN1CCn2c(cc3cc(C(=O)O)ccc32)C1. The molecule has 0 unspecified atom stereocenters. The van der Waals surface area contributed by atoms with Crippen molar-refractivity contribution in [1.82, 2.24) is 9.47 Å². The molecule has 1 aliphatic heterocycles. The predicted molar refractivity (Wildman–Crippen MR) is 65.2 cm³/mol. The molecule has 0 amide bonds. The normalized spacial score (nSPS) is 16.1. The molecule has 0 bridgehead atoms. The molecule has 0 atom stereocenters. The Balaban J connectivity index is 2.17. The molecule has 2 aromatic rings. The molecule has 1 aromatic carbocycles. The summed E-state index contributed by atoms with van der Waals surface area (Å²) in [6, 6.07) is 7.43. The highest BCUT2D eigenvalue weighted by molar-refractivity contribution is 5.94. The van der Waals surface area contributed by atoms with Gasteiger partial charge in [-0.3, -0.25) is 4.90 Å². The van der Waals surface area contributed by atoms with Crippen LogP contribution in [0.1, 0.15) is 16.1 Å². The first-order valence-corrected chi connectivity index (χ1v) is 5.69. The molecule has 0 fully saturated rings. The van der Waals surface area contributed by atoms with Crippen molar-refractivity contribution in [3.63, 3.8) is 0 Å². The number of rotatable bonds is 1.